The second-order valence-corrected chi connectivity index (χ2v) is 7.11. The zero-order chi connectivity index (χ0) is 13.0. The van der Waals surface area contributed by atoms with Crippen LogP contribution >= 0.6 is 39.0 Å². The van der Waals surface area contributed by atoms with Gasteiger partial charge in [-0.1, -0.05) is 19.1 Å². The van der Waals surface area contributed by atoms with Crippen LogP contribution in [0.5, 0.6) is 0 Å². The minimum Gasteiger partial charge on any atom is -0.388 e. The fourth-order valence-corrected chi connectivity index (χ4v) is 3.93. The highest BCUT2D eigenvalue weighted by molar-refractivity contribution is 9.10. The smallest absolute Gasteiger partial charge is 0.0838 e. The molecule has 1 N–H and O–H groups in total. The summed E-state index contributed by atoms with van der Waals surface area (Å²) in [5, 5.41) is 12.3. The Kier molecular flexibility index (Phi) is 5.30. The molecule has 0 aliphatic carbocycles. The van der Waals surface area contributed by atoms with Crippen molar-refractivity contribution in [3.8, 4) is 0 Å². The maximum absolute atomic E-state index is 10.2. The standard InChI is InChI=1S/C14H15BrOS2/c1-2-17-11-5-3-10(4-6-11)13(16)9-14-12(15)7-8-18-14/h3-8,13,16H,2,9H2,1H3. The van der Waals surface area contributed by atoms with E-state index in [1.54, 1.807) is 11.3 Å². The van der Waals surface area contributed by atoms with Crippen LogP contribution in [0, 0.1) is 0 Å². The fraction of sp³-hybridized carbons (Fsp3) is 0.286. The van der Waals surface area contributed by atoms with E-state index in [0.717, 1.165) is 15.8 Å². The first-order chi connectivity index (χ1) is 8.70. The van der Waals surface area contributed by atoms with Crippen molar-refractivity contribution in [2.75, 3.05) is 5.75 Å². The van der Waals surface area contributed by atoms with Crippen molar-refractivity contribution in [2.45, 2.75) is 24.3 Å². The second kappa shape index (κ2) is 6.75. The third-order valence-electron chi connectivity index (χ3n) is 2.65. The lowest BCUT2D eigenvalue weighted by Crippen LogP contribution is -2.00. The van der Waals surface area contributed by atoms with Crippen LogP contribution in [-0.4, -0.2) is 10.9 Å². The number of thioether (sulfide) groups is 1. The number of aliphatic hydroxyl groups is 1. The molecule has 2 rings (SSSR count). The summed E-state index contributed by atoms with van der Waals surface area (Å²) >= 11 is 6.98. The number of halogens is 1. The summed E-state index contributed by atoms with van der Waals surface area (Å²) in [4.78, 5) is 2.44. The van der Waals surface area contributed by atoms with Crippen LogP contribution < -0.4 is 0 Å². The molecule has 0 aliphatic heterocycles. The van der Waals surface area contributed by atoms with Crippen LogP contribution in [0.15, 0.2) is 45.1 Å². The minimum atomic E-state index is -0.430. The molecule has 0 saturated heterocycles. The van der Waals surface area contributed by atoms with Gasteiger partial charge in [-0.3, -0.25) is 0 Å². The number of hydrogen-bond acceptors (Lipinski definition) is 3. The van der Waals surface area contributed by atoms with Crippen molar-refractivity contribution in [1.82, 2.24) is 0 Å². The molecule has 0 radical (unpaired) electrons. The van der Waals surface area contributed by atoms with Gasteiger partial charge in [0, 0.05) is 20.7 Å². The average molecular weight is 343 g/mol. The van der Waals surface area contributed by atoms with Gasteiger partial charge in [0.05, 0.1) is 6.10 Å². The van der Waals surface area contributed by atoms with Gasteiger partial charge in [0.15, 0.2) is 0 Å². The monoisotopic (exact) mass is 342 g/mol. The fourth-order valence-electron chi connectivity index (χ4n) is 1.72. The molecule has 0 aliphatic rings. The second-order valence-electron chi connectivity index (χ2n) is 3.91. The largest absolute Gasteiger partial charge is 0.388 e. The third kappa shape index (κ3) is 3.60. The molecule has 2 aromatic rings. The molecule has 96 valence electrons. The van der Waals surface area contributed by atoms with Crippen molar-refractivity contribution < 1.29 is 5.11 Å². The molecule has 0 fully saturated rings. The van der Waals surface area contributed by atoms with E-state index in [0.29, 0.717) is 6.42 Å². The highest BCUT2D eigenvalue weighted by Gasteiger charge is 2.11. The van der Waals surface area contributed by atoms with Crippen LogP contribution in [0.3, 0.4) is 0 Å². The summed E-state index contributed by atoms with van der Waals surface area (Å²) in [6.45, 7) is 2.14. The summed E-state index contributed by atoms with van der Waals surface area (Å²) in [5.74, 6) is 1.07. The molecule has 1 heterocycles. The Hall–Kier alpha value is -0.290. The van der Waals surface area contributed by atoms with E-state index in [4.69, 9.17) is 0 Å². The third-order valence-corrected chi connectivity index (χ3v) is 5.49. The summed E-state index contributed by atoms with van der Waals surface area (Å²) < 4.78 is 1.09. The summed E-state index contributed by atoms with van der Waals surface area (Å²) in [6.07, 6.45) is 0.235. The lowest BCUT2D eigenvalue weighted by molar-refractivity contribution is 0.179. The topological polar surface area (TPSA) is 20.2 Å². The molecule has 0 amide bonds. The highest BCUT2D eigenvalue weighted by atomic mass is 79.9. The molecule has 1 aromatic heterocycles. The van der Waals surface area contributed by atoms with Gasteiger partial charge >= 0.3 is 0 Å². The number of thiophene rings is 1. The van der Waals surface area contributed by atoms with E-state index in [1.165, 1.54) is 9.77 Å². The Morgan fingerprint density at radius 3 is 2.56 bits per heavy atom. The van der Waals surface area contributed by atoms with Gasteiger partial charge < -0.3 is 5.11 Å². The van der Waals surface area contributed by atoms with Gasteiger partial charge in [-0.05, 0) is 50.8 Å². The normalized spacial score (nSPS) is 12.6. The van der Waals surface area contributed by atoms with E-state index in [1.807, 2.05) is 35.3 Å². The van der Waals surface area contributed by atoms with Gasteiger partial charge in [0.2, 0.25) is 0 Å². The predicted octanol–water partition coefficient (Wildman–Crippen LogP) is 4.90. The first-order valence-electron chi connectivity index (χ1n) is 5.83. The maximum Gasteiger partial charge on any atom is 0.0838 e. The van der Waals surface area contributed by atoms with Gasteiger partial charge in [-0.15, -0.1) is 23.1 Å². The van der Waals surface area contributed by atoms with E-state index in [-0.39, 0.29) is 0 Å². The molecule has 1 unspecified atom stereocenters. The summed E-state index contributed by atoms with van der Waals surface area (Å²) in [5.41, 5.74) is 0.982. The Bertz CT molecular complexity index is 493. The van der Waals surface area contributed by atoms with Crippen LogP contribution in [0.25, 0.3) is 0 Å². The van der Waals surface area contributed by atoms with Crippen molar-refractivity contribution >= 4 is 39.0 Å². The SMILES string of the molecule is CCSc1ccc(C(O)Cc2sccc2Br)cc1. The quantitative estimate of drug-likeness (QED) is 0.780. The lowest BCUT2D eigenvalue weighted by Gasteiger charge is -2.11. The minimum absolute atomic E-state index is 0.430. The molecule has 1 atom stereocenters. The first kappa shape index (κ1) is 14.1. The average Bonchev–Trinajstić information content (AvgIpc) is 2.76. The van der Waals surface area contributed by atoms with E-state index in [2.05, 4.69) is 35.0 Å². The first-order valence-corrected chi connectivity index (χ1v) is 8.49. The summed E-state index contributed by atoms with van der Waals surface area (Å²) in [6, 6.07) is 10.2. The number of hydrogen-bond donors (Lipinski definition) is 1. The van der Waals surface area contributed by atoms with Crippen LogP contribution in [-0.2, 0) is 6.42 Å². The molecular formula is C14H15BrOS2. The molecular weight excluding hydrogens is 328 g/mol. The van der Waals surface area contributed by atoms with E-state index >= 15 is 0 Å². The Labute approximate surface area is 124 Å². The van der Waals surface area contributed by atoms with Crippen molar-refractivity contribution in [2.24, 2.45) is 0 Å². The molecule has 18 heavy (non-hydrogen) atoms. The number of benzene rings is 1. The van der Waals surface area contributed by atoms with E-state index < -0.39 is 6.10 Å². The zero-order valence-corrected chi connectivity index (χ0v) is 13.3. The van der Waals surface area contributed by atoms with Crippen molar-refractivity contribution in [3.63, 3.8) is 0 Å². The Balaban J connectivity index is 2.04. The van der Waals surface area contributed by atoms with Crippen LogP contribution in [0.2, 0.25) is 0 Å². The highest BCUT2D eigenvalue weighted by Crippen LogP contribution is 2.29. The predicted molar refractivity (Wildman–Crippen MR) is 83.5 cm³/mol. The zero-order valence-electron chi connectivity index (χ0n) is 10.1. The van der Waals surface area contributed by atoms with Gasteiger partial charge in [-0.2, -0.15) is 0 Å². The summed E-state index contributed by atoms with van der Waals surface area (Å²) in [7, 11) is 0. The lowest BCUT2D eigenvalue weighted by atomic mass is 10.1. The van der Waals surface area contributed by atoms with Gasteiger partial charge in [0.1, 0.15) is 0 Å². The molecule has 1 aromatic carbocycles. The maximum atomic E-state index is 10.2. The molecule has 0 bridgehead atoms. The van der Waals surface area contributed by atoms with Crippen molar-refractivity contribution in [3.05, 3.63) is 50.6 Å². The van der Waals surface area contributed by atoms with Gasteiger partial charge in [-0.25, -0.2) is 0 Å². The number of aliphatic hydroxyl groups excluding tert-OH is 1. The van der Waals surface area contributed by atoms with Crippen molar-refractivity contribution in [1.29, 1.82) is 0 Å². The molecule has 4 heteroatoms. The molecule has 1 nitrogen and oxygen atoms in total. The van der Waals surface area contributed by atoms with E-state index in [9.17, 15) is 5.11 Å². The molecule has 0 spiro atoms. The Morgan fingerprint density at radius 2 is 2.00 bits per heavy atom. The molecule has 0 saturated carbocycles. The van der Waals surface area contributed by atoms with Crippen LogP contribution in [0.4, 0.5) is 0 Å². The van der Waals surface area contributed by atoms with Crippen LogP contribution in [0.1, 0.15) is 23.5 Å². The Morgan fingerprint density at radius 1 is 1.28 bits per heavy atom. The van der Waals surface area contributed by atoms with Gasteiger partial charge in [0.25, 0.3) is 0 Å². The number of rotatable bonds is 5.